The first-order chi connectivity index (χ1) is 9.88. The van der Waals surface area contributed by atoms with E-state index < -0.39 is 0 Å². The fourth-order valence-corrected chi connectivity index (χ4v) is 3.35. The largest absolute Gasteiger partial charge is 0.307 e. The van der Waals surface area contributed by atoms with Crippen LogP contribution >= 0.6 is 11.3 Å². The number of hydrogen-bond acceptors (Lipinski definition) is 4. The molecule has 0 fully saturated rings. The number of thiophene rings is 1. The highest BCUT2D eigenvalue weighted by Gasteiger charge is 2.16. The van der Waals surface area contributed by atoms with Crippen molar-refractivity contribution in [2.75, 3.05) is 6.54 Å². The van der Waals surface area contributed by atoms with E-state index in [1.54, 1.807) is 17.7 Å². The summed E-state index contributed by atoms with van der Waals surface area (Å²) in [7, 11) is 0. The Balaban J connectivity index is 1.85. The van der Waals surface area contributed by atoms with Gasteiger partial charge in [0.1, 0.15) is 12.2 Å². The van der Waals surface area contributed by atoms with Gasteiger partial charge in [0.2, 0.25) is 0 Å². The molecule has 104 valence electrons. The van der Waals surface area contributed by atoms with E-state index in [9.17, 15) is 0 Å². The van der Waals surface area contributed by atoms with Gasteiger partial charge in [-0.3, -0.25) is 5.10 Å². The van der Waals surface area contributed by atoms with Gasteiger partial charge in [-0.15, -0.1) is 11.3 Å². The Morgan fingerprint density at radius 2 is 2.25 bits per heavy atom. The van der Waals surface area contributed by atoms with Crippen molar-refractivity contribution >= 4 is 21.4 Å². The second-order valence-electron chi connectivity index (χ2n) is 4.84. The topological polar surface area (TPSA) is 53.6 Å². The van der Waals surface area contributed by atoms with Gasteiger partial charge in [0.25, 0.3) is 0 Å². The number of aromatic amines is 1. The van der Waals surface area contributed by atoms with Crippen molar-refractivity contribution in [2.45, 2.75) is 25.8 Å². The molecular weight excluding hydrogens is 268 g/mol. The van der Waals surface area contributed by atoms with Gasteiger partial charge < -0.3 is 5.32 Å². The lowest BCUT2D eigenvalue weighted by Crippen LogP contribution is -2.25. The molecule has 1 aromatic carbocycles. The summed E-state index contributed by atoms with van der Waals surface area (Å²) in [5.41, 5.74) is 1.37. The number of nitrogens with zero attached hydrogens (tertiary/aromatic N) is 2. The molecule has 3 aromatic rings. The first kappa shape index (κ1) is 13.3. The smallest absolute Gasteiger partial charge is 0.141 e. The molecule has 0 amide bonds. The van der Waals surface area contributed by atoms with Crippen molar-refractivity contribution in [1.82, 2.24) is 20.5 Å². The van der Waals surface area contributed by atoms with E-state index in [4.69, 9.17) is 0 Å². The Morgan fingerprint density at radius 1 is 1.35 bits per heavy atom. The van der Waals surface area contributed by atoms with Crippen LogP contribution in [0.5, 0.6) is 0 Å². The van der Waals surface area contributed by atoms with Gasteiger partial charge in [-0.05, 0) is 41.8 Å². The van der Waals surface area contributed by atoms with E-state index in [0.29, 0.717) is 0 Å². The maximum absolute atomic E-state index is 4.30. The number of rotatable bonds is 6. The normalized spacial score (nSPS) is 12.8. The van der Waals surface area contributed by atoms with Crippen LogP contribution in [-0.2, 0) is 6.42 Å². The summed E-state index contributed by atoms with van der Waals surface area (Å²) in [5, 5.41) is 14.1. The zero-order valence-electron chi connectivity index (χ0n) is 11.5. The molecule has 1 unspecified atom stereocenters. The first-order valence-electron chi connectivity index (χ1n) is 6.92. The molecule has 0 saturated heterocycles. The Kier molecular flexibility index (Phi) is 4.08. The highest BCUT2D eigenvalue weighted by atomic mass is 32.1. The lowest BCUT2D eigenvalue weighted by atomic mass is 10.0. The van der Waals surface area contributed by atoms with E-state index in [-0.39, 0.29) is 6.04 Å². The molecule has 2 aromatic heterocycles. The van der Waals surface area contributed by atoms with Crippen LogP contribution in [0.2, 0.25) is 0 Å². The molecule has 5 heteroatoms. The van der Waals surface area contributed by atoms with Crippen LogP contribution < -0.4 is 5.32 Å². The Bertz CT molecular complexity index is 659. The third-order valence-corrected chi connectivity index (χ3v) is 4.40. The minimum absolute atomic E-state index is 0.190. The molecule has 0 spiro atoms. The van der Waals surface area contributed by atoms with Crippen LogP contribution in [0.4, 0.5) is 0 Å². The maximum atomic E-state index is 4.30. The standard InChI is InChI=1S/C15H18N4S/c1-2-7-16-13(15-17-10-18-19-15)8-11-9-20-14-6-4-3-5-12(11)14/h3-6,9-10,13,16H,2,7-8H2,1H3,(H,17,18,19). The SMILES string of the molecule is CCCNC(Cc1csc2ccccc12)c1ncn[nH]1. The summed E-state index contributed by atoms with van der Waals surface area (Å²) < 4.78 is 1.34. The Labute approximate surface area is 122 Å². The van der Waals surface area contributed by atoms with Crippen LogP contribution in [0.15, 0.2) is 36.0 Å². The van der Waals surface area contributed by atoms with E-state index in [1.807, 2.05) is 0 Å². The molecule has 0 radical (unpaired) electrons. The van der Waals surface area contributed by atoms with Gasteiger partial charge in [-0.25, -0.2) is 4.98 Å². The lowest BCUT2D eigenvalue weighted by Gasteiger charge is -2.15. The summed E-state index contributed by atoms with van der Waals surface area (Å²) >= 11 is 1.80. The van der Waals surface area contributed by atoms with E-state index in [1.165, 1.54) is 15.6 Å². The predicted molar refractivity (Wildman–Crippen MR) is 82.9 cm³/mol. The minimum atomic E-state index is 0.190. The summed E-state index contributed by atoms with van der Waals surface area (Å²) in [4.78, 5) is 4.30. The summed E-state index contributed by atoms with van der Waals surface area (Å²) in [6.07, 6.45) is 3.61. The van der Waals surface area contributed by atoms with Crippen molar-refractivity contribution in [3.05, 3.63) is 47.4 Å². The third-order valence-electron chi connectivity index (χ3n) is 3.39. The molecule has 2 N–H and O–H groups in total. The first-order valence-corrected chi connectivity index (χ1v) is 7.80. The van der Waals surface area contributed by atoms with Crippen LogP contribution in [0.25, 0.3) is 10.1 Å². The molecule has 3 rings (SSSR count). The minimum Gasteiger partial charge on any atom is -0.307 e. The molecule has 0 bridgehead atoms. The lowest BCUT2D eigenvalue weighted by molar-refractivity contribution is 0.507. The fourth-order valence-electron chi connectivity index (χ4n) is 2.38. The van der Waals surface area contributed by atoms with E-state index >= 15 is 0 Å². The summed E-state index contributed by atoms with van der Waals surface area (Å²) in [6, 6.07) is 8.74. The highest BCUT2D eigenvalue weighted by Crippen LogP contribution is 2.28. The number of aromatic nitrogens is 3. The molecule has 0 aliphatic carbocycles. The van der Waals surface area contributed by atoms with Gasteiger partial charge in [0.05, 0.1) is 6.04 Å². The van der Waals surface area contributed by atoms with Crippen LogP contribution in [0, 0.1) is 0 Å². The van der Waals surface area contributed by atoms with Gasteiger partial charge in [0.15, 0.2) is 0 Å². The highest BCUT2D eigenvalue weighted by molar-refractivity contribution is 7.17. The number of benzene rings is 1. The van der Waals surface area contributed by atoms with Crippen LogP contribution in [0.3, 0.4) is 0 Å². The second-order valence-corrected chi connectivity index (χ2v) is 5.75. The molecule has 0 aliphatic heterocycles. The van der Waals surface area contributed by atoms with E-state index in [0.717, 1.165) is 25.2 Å². The zero-order valence-corrected chi connectivity index (χ0v) is 12.3. The third kappa shape index (κ3) is 2.73. The van der Waals surface area contributed by atoms with Gasteiger partial charge >= 0.3 is 0 Å². The Hall–Kier alpha value is -1.72. The molecule has 1 atom stereocenters. The van der Waals surface area contributed by atoms with Crippen LogP contribution in [-0.4, -0.2) is 21.7 Å². The quantitative estimate of drug-likeness (QED) is 0.731. The molecule has 0 aliphatic rings. The maximum Gasteiger partial charge on any atom is 0.141 e. The summed E-state index contributed by atoms with van der Waals surface area (Å²) in [6.45, 7) is 3.15. The van der Waals surface area contributed by atoms with Crippen LogP contribution in [0.1, 0.15) is 30.8 Å². The van der Waals surface area contributed by atoms with Crippen molar-refractivity contribution < 1.29 is 0 Å². The van der Waals surface area contributed by atoms with Crippen molar-refractivity contribution in [3.63, 3.8) is 0 Å². The molecule has 2 heterocycles. The van der Waals surface area contributed by atoms with Crippen molar-refractivity contribution in [2.24, 2.45) is 0 Å². The van der Waals surface area contributed by atoms with Crippen molar-refractivity contribution in [1.29, 1.82) is 0 Å². The van der Waals surface area contributed by atoms with Gasteiger partial charge in [0, 0.05) is 4.70 Å². The number of nitrogens with one attached hydrogen (secondary N) is 2. The monoisotopic (exact) mass is 286 g/mol. The average Bonchev–Trinajstić information content (AvgIpc) is 3.13. The van der Waals surface area contributed by atoms with Crippen molar-refractivity contribution in [3.8, 4) is 0 Å². The number of hydrogen-bond donors (Lipinski definition) is 2. The number of fused-ring (bicyclic) bond motifs is 1. The zero-order chi connectivity index (χ0) is 13.8. The second kappa shape index (κ2) is 6.15. The number of H-pyrrole nitrogens is 1. The van der Waals surface area contributed by atoms with Gasteiger partial charge in [-0.2, -0.15) is 5.10 Å². The fraction of sp³-hybridized carbons (Fsp3) is 0.333. The molecule has 4 nitrogen and oxygen atoms in total. The predicted octanol–water partition coefficient (Wildman–Crippen LogP) is 3.30. The Morgan fingerprint density at radius 3 is 3.05 bits per heavy atom. The molecule has 20 heavy (non-hydrogen) atoms. The van der Waals surface area contributed by atoms with E-state index in [2.05, 4.69) is 57.1 Å². The van der Waals surface area contributed by atoms with Gasteiger partial charge in [-0.1, -0.05) is 25.1 Å². The molecule has 0 saturated carbocycles. The molecular formula is C15H18N4S. The average molecular weight is 286 g/mol. The summed E-state index contributed by atoms with van der Waals surface area (Å²) in [5.74, 6) is 0.911.